The van der Waals surface area contributed by atoms with E-state index in [-0.39, 0.29) is 12.2 Å². The van der Waals surface area contributed by atoms with E-state index in [1.54, 1.807) is 12.1 Å². The molecule has 0 bridgehead atoms. The molecule has 1 rings (SSSR count). The number of nitrogens with one attached hydrogen (secondary N) is 1. The molecule has 0 spiro atoms. The second-order valence-corrected chi connectivity index (χ2v) is 4.60. The van der Waals surface area contributed by atoms with Crippen molar-refractivity contribution in [3.05, 3.63) is 28.2 Å². The van der Waals surface area contributed by atoms with Gasteiger partial charge in [0.05, 0.1) is 4.47 Å². The molecular formula is C10H13BrN2O3. The molecule has 0 saturated heterocycles. The minimum absolute atomic E-state index is 0.0715. The van der Waals surface area contributed by atoms with E-state index in [4.69, 9.17) is 10.9 Å². The summed E-state index contributed by atoms with van der Waals surface area (Å²) in [6.07, 6.45) is 0.180. The van der Waals surface area contributed by atoms with Crippen molar-refractivity contribution in [3.8, 4) is 5.75 Å². The Morgan fingerprint density at radius 2 is 2.25 bits per heavy atom. The Balaban J connectivity index is 2.95. The third kappa shape index (κ3) is 2.72. The van der Waals surface area contributed by atoms with Gasteiger partial charge < -0.3 is 10.2 Å². The van der Waals surface area contributed by atoms with Crippen molar-refractivity contribution in [1.29, 1.82) is 0 Å². The first-order valence-corrected chi connectivity index (χ1v) is 5.37. The van der Waals surface area contributed by atoms with Gasteiger partial charge in [0.25, 0.3) is 0 Å². The van der Waals surface area contributed by atoms with E-state index >= 15 is 0 Å². The quantitative estimate of drug-likeness (QED) is 0.490. The number of carboxylic acids is 1. The lowest BCUT2D eigenvalue weighted by Gasteiger charge is -2.23. The number of phenols is 1. The summed E-state index contributed by atoms with van der Waals surface area (Å²) in [7, 11) is 0. The van der Waals surface area contributed by atoms with Crippen molar-refractivity contribution >= 4 is 21.9 Å². The number of aliphatic carboxylic acids is 1. The fourth-order valence-electron chi connectivity index (χ4n) is 1.26. The van der Waals surface area contributed by atoms with Crippen LogP contribution in [0.3, 0.4) is 0 Å². The molecule has 0 aliphatic carbocycles. The molecule has 5 N–H and O–H groups in total. The molecule has 0 radical (unpaired) electrons. The summed E-state index contributed by atoms with van der Waals surface area (Å²) in [5.41, 5.74) is 1.70. The van der Waals surface area contributed by atoms with Gasteiger partial charge in [-0.05, 0) is 40.5 Å². The first-order chi connectivity index (χ1) is 7.39. The summed E-state index contributed by atoms with van der Waals surface area (Å²) in [4.78, 5) is 11.0. The Hall–Kier alpha value is -1.11. The summed E-state index contributed by atoms with van der Waals surface area (Å²) < 4.78 is 0.564. The smallest absolute Gasteiger partial charge is 0.325 e. The van der Waals surface area contributed by atoms with E-state index in [0.29, 0.717) is 10.0 Å². The number of halogens is 1. The maximum atomic E-state index is 11.0. The average molecular weight is 289 g/mol. The second-order valence-electron chi connectivity index (χ2n) is 3.74. The minimum Gasteiger partial charge on any atom is -0.507 e. The summed E-state index contributed by atoms with van der Waals surface area (Å²) >= 11 is 3.15. The maximum absolute atomic E-state index is 11.0. The fourth-order valence-corrected chi connectivity index (χ4v) is 1.51. The molecule has 0 aliphatic rings. The van der Waals surface area contributed by atoms with Gasteiger partial charge in [0.1, 0.15) is 11.3 Å². The zero-order valence-electron chi connectivity index (χ0n) is 8.70. The highest BCUT2D eigenvalue weighted by Gasteiger charge is 2.32. The number of hydrazine groups is 1. The van der Waals surface area contributed by atoms with Gasteiger partial charge in [-0.1, -0.05) is 6.07 Å². The van der Waals surface area contributed by atoms with Crippen LogP contribution in [0.1, 0.15) is 12.5 Å². The standard InChI is InChI=1S/C10H13BrN2O3/c1-10(13-12,9(15)16)5-6-2-3-7(11)8(14)4-6/h2-4,13-14H,5,12H2,1H3,(H,15,16). The van der Waals surface area contributed by atoms with Crippen LogP contribution in [0.5, 0.6) is 5.75 Å². The van der Waals surface area contributed by atoms with Crippen molar-refractivity contribution < 1.29 is 15.0 Å². The summed E-state index contributed by atoms with van der Waals surface area (Å²) in [5, 5.41) is 18.5. The largest absolute Gasteiger partial charge is 0.507 e. The zero-order chi connectivity index (χ0) is 12.3. The highest BCUT2D eigenvalue weighted by atomic mass is 79.9. The molecule has 0 heterocycles. The van der Waals surface area contributed by atoms with E-state index in [1.165, 1.54) is 13.0 Å². The molecule has 1 aromatic rings. The number of benzene rings is 1. The highest BCUT2D eigenvalue weighted by Crippen LogP contribution is 2.26. The van der Waals surface area contributed by atoms with E-state index < -0.39 is 11.5 Å². The molecule has 0 aliphatic heterocycles. The monoisotopic (exact) mass is 288 g/mol. The van der Waals surface area contributed by atoms with Crippen LogP contribution in [-0.4, -0.2) is 21.7 Å². The first-order valence-electron chi connectivity index (χ1n) is 4.57. The number of rotatable bonds is 4. The summed E-state index contributed by atoms with van der Waals surface area (Å²) in [5.74, 6) is 4.25. The van der Waals surface area contributed by atoms with E-state index in [9.17, 15) is 9.90 Å². The molecule has 1 atom stereocenters. The molecule has 5 nitrogen and oxygen atoms in total. The van der Waals surface area contributed by atoms with Crippen molar-refractivity contribution in [2.24, 2.45) is 5.84 Å². The lowest BCUT2D eigenvalue weighted by molar-refractivity contribution is -0.144. The fraction of sp³-hybridized carbons (Fsp3) is 0.300. The van der Waals surface area contributed by atoms with Gasteiger partial charge in [-0.2, -0.15) is 0 Å². The molecule has 1 aromatic carbocycles. The van der Waals surface area contributed by atoms with Crippen molar-refractivity contribution in [1.82, 2.24) is 5.43 Å². The van der Waals surface area contributed by atoms with Gasteiger partial charge >= 0.3 is 5.97 Å². The predicted octanol–water partition coefficient (Wildman–Crippen LogP) is 1.00. The van der Waals surface area contributed by atoms with Gasteiger partial charge in [0.2, 0.25) is 0 Å². The van der Waals surface area contributed by atoms with Crippen LogP contribution in [0.4, 0.5) is 0 Å². The minimum atomic E-state index is -1.25. The number of nitrogens with two attached hydrogens (primary N) is 1. The molecule has 6 heteroatoms. The lowest BCUT2D eigenvalue weighted by Crippen LogP contribution is -2.54. The lowest BCUT2D eigenvalue weighted by atomic mass is 9.93. The van der Waals surface area contributed by atoms with E-state index in [2.05, 4.69) is 21.4 Å². The van der Waals surface area contributed by atoms with Gasteiger partial charge in [0, 0.05) is 6.42 Å². The zero-order valence-corrected chi connectivity index (χ0v) is 10.3. The number of carbonyl (C=O) groups is 1. The van der Waals surface area contributed by atoms with E-state index in [0.717, 1.165) is 0 Å². The van der Waals surface area contributed by atoms with Gasteiger partial charge in [0.15, 0.2) is 0 Å². The number of phenolic OH excluding ortho intramolecular Hbond substituents is 1. The number of carboxylic acid groups (broad SMARTS) is 1. The van der Waals surface area contributed by atoms with Crippen molar-refractivity contribution in [2.75, 3.05) is 0 Å². The van der Waals surface area contributed by atoms with Crippen molar-refractivity contribution in [2.45, 2.75) is 18.9 Å². The molecule has 0 saturated carbocycles. The molecular weight excluding hydrogens is 276 g/mol. The van der Waals surface area contributed by atoms with Crippen LogP contribution < -0.4 is 11.3 Å². The SMILES string of the molecule is CC(Cc1ccc(Br)c(O)c1)(NN)C(=O)O. The predicted molar refractivity (Wildman–Crippen MR) is 62.9 cm³/mol. The van der Waals surface area contributed by atoms with Crippen LogP contribution in [0.15, 0.2) is 22.7 Å². The molecule has 0 fully saturated rings. The Morgan fingerprint density at radius 3 is 2.69 bits per heavy atom. The van der Waals surface area contributed by atoms with Crippen molar-refractivity contribution in [3.63, 3.8) is 0 Å². The molecule has 1 unspecified atom stereocenters. The molecule has 0 amide bonds. The van der Waals surface area contributed by atoms with Crippen LogP contribution in [0.2, 0.25) is 0 Å². The topological polar surface area (TPSA) is 95.6 Å². The third-order valence-electron chi connectivity index (χ3n) is 2.36. The first kappa shape index (κ1) is 13.0. The Kier molecular flexibility index (Phi) is 3.90. The van der Waals surface area contributed by atoms with Gasteiger partial charge in [-0.3, -0.25) is 10.6 Å². The summed E-state index contributed by atoms with van der Waals surface area (Å²) in [6, 6.07) is 4.88. The second kappa shape index (κ2) is 4.82. The normalized spacial score (nSPS) is 14.4. The molecule has 16 heavy (non-hydrogen) atoms. The van der Waals surface area contributed by atoms with E-state index in [1.807, 2.05) is 0 Å². The number of hydrogen-bond donors (Lipinski definition) is 4. The van der Waals surface area contributed by atoms with Crippen LogP contribution in [0, 0.1) is 0 Å². The number of hydrogen-bond acceptors (Lipinski definition) is 4. The average Bonchev–Trinajstić information content (AvgIpc) is 2.23. The summed E-state index contributed by atoms with van der Waals surface area (Å²) in [6.45, 7) is 1.48. The van der Waals surface area contributed by atoms with Gasteiger partial charge in [-0.25, -0.2) is 5.43 Å². The Bertz CT molecular complexity index is 411. The molecule has 0 aromatic heterocycles. The third-order valence-corrected chi connectivity index (χ3v) is 3.03. The Morgan fingerprint density at radius 1 is 1.62 bits per heavy atom. The highest BCUT2D eigenvalue weighted by molar-refractivity contribution is 9.10. The van der Waals surface area contributed by atoms with Crippen LogP contribution in [0.25, 0.3) is 0 Å². The molecule has 88 valence electrons. The van der Waals surface area contributed by atoms with Crippen LogP contribution in [-0.2, 0) is 11.2 Å². The van der Waals surface area contributed by atoms with Crippen LogP contribution >= 0.6 is 15.9 Å². The Labute approximate surface area is 101 Å². The maximum Gasteiger partial charge on any atom is 0.325 e. The number of aromatic hydroxyl groups is 1. The van der Waals surface area contributed by atoms with Gasteiger partial charge in [-0.15, -0.1) is 0 Å².